The molecule has 1 aromatic rings. The Kier molecular flexibility index (Phi) is 6.02. The van der Waals surface area contributed by atoms with Gasteiger partial charge in [0.2, 0.25) is 0 Å². The Morgan fingerprint density at radius 2 is 1.88 bits per heavy atom. The van der Waals surface area contributed by atoms with Gasteiger partial charge in [0.25, 0.3) is 0 Å². The molecule has 1 aliphatic heterocycles. The van der Waals surface area contributed by atoms with Gasteiger partial charge in [0.05, 0.1) is 24.8 Å². The zero-order valence-electron chi connectivity index (χ0n) is 15.6. The van der Waals surface area contributed by atoms with Gasteiger partial charge in [-0.25, -0.2) is 4.79 Å². The molecule has 0 radical (unpaired) electrons. The molecule has 1 heterocycles. The predicted octanol–water partition coefficient (Wildman–Crippen LogP) is 3.66. The average Bonchev–Trinajstić information content (AvgIpc) is 2.47. The first-order valence-corrected chi connectivity index (χ1v) is 8.91. The summed E-state index contributed by atoms with van der Waals surface area (Å²) in [6.45, 7) is 9.52. The lowest BCUT2D eigenvalue weighted by atomic mass is 9.97. The van der Waals surface area contributed by atoms with Crippen molar-refractivity contribution in [2.75, 3.05) is 13.2 Å². The van der Waals surface area contributed by atoms with Crippen molar-refractivity contribution in [3.8, 4) is 0 Å². The largest absolute Gasteiger partial charge is 0.444 e. The minimum atomic E-state index is -1.04. The van der Waals surface area contributed by atoms with E-state index in [1.165, 1.54) is 0 Å². The molecule has 0 aromatic heterocycles. The third kappa shape index (κ3) is 5.87. The fourth-order valence-corrected chi connectivity index (χ4v) is 2.86. The first-order valence-electron chi connectivity index (χ1n) is 8.54. The second kappa shape index (κ2) is 7.52. The van der Waals surface area contributed by atoms with E-state index in [0.29, 0.717) is 18.1 Å². The molecule has 25 heavy (non-hydrogen) atoms. The van der Waals surface area contributed by atoms with Crippen LogP contribution in [0.1, 0.15) is 40.2 Å². The number of benzene rings is 1. The van der Waals surface area contributed by atoms with Crippen LogP contribution in [-0.4, -0.2) is 52.6 Å². The molecule has 0 unspecified atom stereocenters. The van der Waals surface area contributed by atoms with Crippen LogP contribution >= 0.6 is 11.6 Å². The Bertz CT molecular complexity index is 589. The molecule has 1 fully saturated rings. The van der Waals surface area contributed by atoms with Crippen molar-refractivity contribution in [3.05, 3.63) is 34.9 Å². The predicted molar refractivity (Wildman–Crippen MR) is 97.9 cm³/mol. The third-order valence-corrected chi connectivity index (χ3v) is 4.35. The second-order valence-electron chi connectivity index (χ2n) is 8.09. The van der Waals surface area contributed by atoms with E-state index < -0.39 is 17.3 Å². The normalized spacial score (nSPS) is 22.0. The molecular weight excluding hydrogens is 342 g/mol. The van der Waals surface area contributed by atoms with Crippen LogP contribution in [0.15, 0.2) is 24.3 Å². The number of hydrogen-bond acceptors (Lipinski definition) is 4. The average molecular weight is 370 g/mol. The molecule has 2 atom stereocenters. The zero-order chi connectivity index (χ0) is 18.8. The summed E-state index contributed by atoms with van der Waals surface area (Å²) < 4.78 is 11.4. The molecule has 2 rings (SSSR count). The van der Waals surface area contributed by atoms with Crippen molar-refractivity contribution >= 4 is 17.7 Å². The standard InChI is InChI=1S/C19H28ClNO4/c1-18(2,3)25-17(22)21-11-16(19(4,5)23)24-12-15(21)10-13-6-8-14(20)9-7-13/h6-9,15-16,23H,10-12H2,1-5H3/t15-,16+/m0/s1. The molecule has 1 N–H and O–H groups in total. The first kappa shape index (κ1) is 20.0. The van der Waals surface area contributed by atoms with Crippen LogP contribution in [0.5, 0.6) is 0 Å². The number of hydrogen-bond donors (Lipinski definition) is 1. The summed E-state index contributed by atoms with van der Waals surface area (Å²) in [6.07, 6.45) is -0.208. The molecule has 1 aromatic carbocycles. The topological polar surface area (TPSA) is 59.0 Å². The first-order chi connectivity index (χ1) is 11.5. The number of aliphatic hydroxyl groups is 1. The molecule has 1 saturated heterocycles. The van der Waals surface area contributed by atoms with Gasteiger partial charge in [-0.1, -0.05) is 23.7 Å². The summed E-state index contributed by atoms with van der Waals surface area (Å²) in [5.41, 5.74) is -0.552. The minimum absolute atomic E-state index is 0.158. The number of ether oxygens (including phenoxy) is 2. The molecule has 0 aliphatic carbocycles. The molecular formula is C19H28ClNO4. The monoisotopic (exact) mass is 369 g/mol. The van der Waals surface area contributed by atoms with E-state index in [0.717, 1.165) is 5.56 Å². The van der Waals surface area contributed by atoms with Crippen LogP contribution in [-0.2, 0) is 15.9 Å². The highest BCUT2D eigenvalue weighted by Crippen LogP contribution is 2.25. The number of amides is 1. The van der Waals surface area contributed by atoms with Gasteiger partial charge < -0.3 is 14.6 Å². The van der Waals surface area contributed by atoms with Gasteiger partial charge in [0, 0.05) is 5.02 Å². The molecule has 6 heteroatoms. The molecule has 1 amide bonds. The highest BCUT2D eigenvalue weighted by atomic mass is 35.5. The molecule has 0 spiro atoms. The van der Waals surface area contributed by atoms with Crippen LogP contribution in [0.2, 0.25) is 5.02 Å². The quantitative estimate of drug-likeness (QED) is 0.883. The number of carbonyl (C=O) groups is 1. The Morgan fingerprint density at radius 3 is 2.40 bits per heavy atom. The summed E-state index contributed by atoms with van der Waals surface area (Å²) >= 11 is 5.94. The lowest BCUT2D eigenvalue weighted by Gasteiger charge is -2.43. The van der Waals surface area contributed by atoms with Crippen LogP contribution < -0.4 is 0 Å². The van der Waals surface area contributed by atoms with E-state index in [9.17, 15) is 9.90 Å². The fourth-order valence-electron chi connectivity index (χ4n) is 2.73. The van der Waals surface area contributed by atoms with Crippen LogP contribution in [0.4, 0.5) is 4.79 Å². The van der Waals surface area contributed by atoms with Gasteiger partial charge >= 0.3 is 6.09 Å². The van der Waals surface area contributed by atoms with E-state index in [1.807, 2.05) is 45.0 Å². The van der Waals surface area contributed by atoms with Crippen molar-refractivity contribution in [1.82, 2.24) is 4.90 Å². The van der Waals surface area contributed by atoms with Crippen molar-refractivity contribution in [2.24, 2.45) is 0 Å². The van der Waals surface area contributed by atoms with Crippen molar-refractivity contribution < 1.29 is 19.4 Å². The number of halogens is 1. The summed E-state index contributed by atoms with van der Waals surface area (Å²) in [5, 5.41) is 10.9. The fraction of sp³-hybridized carbons (Fsp3) is 0.632. The highest BCUT2D eigenvalue weighted by molar-refractivity contribution is 6.30. The van der Waals surface area contributed by atoms with E-state index >= 15 is 0 Å². The number of carbonyl (C=O) groups excluding carboxylic acids is 1. The maximum Gasteiger partial charge on any atom is 0.410 e. The molecule has 0 saturated carbocycles. The molecule has 140 valence electrons. The number of morpholine rings is 1. The smallest absolute Gasteiger partial charge is 0.410 e. The number of rotatable bonds is 3. The Morgan fingerprint density at radius 1 is 1.28 bits per heavy atom. The van der Waals surface area contributed by atoms with Gasteiger partial charge in [-0.3, -0.25) is 4.90 Å². The minimum Gasteiger partial charge on any atom is -0.444 e. The van der Waals surface area contributed by atoms with E-state index in [2.05, 4.69) is 0 Å². The van der Waals surface area contributed by atoms with Gasteiger partial charge in [0.1, 0.15) is 11.7 Å². The Hall–Kier alpha value is -1.30. The highest BCUT2D eigenvalue weighted by Gasteiger charge is 2.40. The van der Waals surface area contributed by atoms with Crippen molar-refractivity contribution in [2.45, 2.75) is 64.4 Å². The van der Waals surface area contributed by atoms with Gasteiger partial charge in [-0.2, -0.15) is 0 Å². The zero-order valence-corrected chi connectivity index (χ0v) is 16.3. The van der Waals surface area contributed by atoms with Crippen LogP contribution in [0, 0.1) is 0 Å². The lowest BCUT2D eigenvalue weighted by Crippen LogP contribution is -2.59. The van der Waals surface area contributed by atoms with E-state index in [-0.39, 0.29) is 18.7 Å². The van der Waals surface area contributed by atoms with E-state index in [1.54, 1.807) is 18.7 Å². The molecule has 1 aliphatic rings. The summed E-state index contributed by atoms with van der Waals surface area (Å²) in [4.78, 5) is 14.4. The summed E-state index contributed by atoms with van der Waals surface area (Å²) in [7, 11) is 0. The molecule has 5 nitrogen and oxygen atoms in total. The third-order valence-electron chi connectivity index (χ3n) is 4.09. The van der Waals surface area contributed by atoms with Gasteiger partial charge in [-0.05, 0) is 58.7 Å². The van der Waals surface area contributed by atoms with Crippen molar-refractivity contribution in [1.29, 1.82) is 0 Å². The maximum absolute atomic E-state index is 12.7. The van der Waals surface area contributed by atoms with E-state index in [4.69, 9.17) is 21.1 Å². The lowest BCUT2D eigenvalue weighted by molar-refractivity contribution is -0.141. The maximum atomic E-state index is 12.7. The summed E-state index contributed by atoms with van der Waals surface area (Å²) in [6, 6.07) is 7.39. The van der Waals surface area contributed by atoms with Gasteiger partial charge in [0.15, 0.2) is 0 Å². The van der Waals surface area contributed by atoms with Crippen molar-refractivity contribution in [3.63, 3.8) is 0 Å². The number of nitrogens with zero attached hydrogens (tertiary/aromatic N) is 1. The van der Waals surface area contributed by atoms with Crippen LogP contribution in [0.3, 0.4) is 0 Å². The summed E-state index contributed by atoms with van der Waals surface area (Å²) in [5.74, 6) is 0. The Labute approximate surface area is 154 Å². The Balaban J connectivity index is 2.17. The SMILES string of the molecule is CC(C)(C)OC(=O)N1C[C@H](C(C)(C)O)OC[C@@H]1Cc1ccc(Cl)cc1. The van der Waals surface area contributed by atoms with Crippen LogP contribution in [0.25, 0.3) is 0 Å². The van der Waals surface area contributed by atoms with Gasteiger partial charge in [-0.15, -0.1) is 0 Å². The second-order valence-corrected chi connectivity index (χ2v) is 8.53. The molecule has 0 bridgehead atoms.